The van der Waals surface area contributed by atoms with Gasteiger partial charge in [0.2, 0.25) is 0 Å². The highest BCUT2D eigenvalue weighted by Crippen LogP contribution is 2.36. The summed E-state index contributed by atoms with van der Waals surface area (Å²) in [6.07, 6.45) is 0.898. The molecular weight excluding hydrogens is 226 g/mol. The minimum absolute atomic E-state index is 0.0468. The predicted octanol–water partition coefficient (Wildman–Crippen LogP) is 3.45. The number of hydrogen-bond acceptors (Lipinski definition) is 3. The minimum atomic E-state index is -0.0468. The van der Waals surface area contributed by atoms with E-state index >= 15 is 0 Å². The summed E-state index contributed by atoms with van der Waals surface area (Å²) in [5.74, 6) is 1.69. The first kappa shape index (κ1) is 14.8. The summed E-state index contributed by atoms with van der Waals surface area (Å²) in [4.78, 5) is 0. The van der Waals surface area contributed by atoms with E-state index in [1.54, 1.807) is 14.2 Å². The molecule has 0 spiro atoms. The minimum Gasteiger partial charge on any atom is -0.496 e. The number of ether oxygens (including phenoxy) is 2. The molecule has 0 fully saturated rings. The third-order valence-corrected chi connectivity index (χ3v) is 2.98. The maximum absolute atomic E-state index is 6.30. The van der Waals surface area contributed by atoms with Crippen molar-refractivity contribution in [2.24, 2.45) is 11.1 Å². The van der Waals surface area contributed by atoms with E-state index in [0.29, 0.717) is 0 Å². The third kappa shape index (κ3) is 3.64. The van der Waals surface area contributed by atoms with Gasteiger partial charge in [0, 0.05) is 11.6 Å². The highest BCUT2D eigenvalue weighted by molar-refractivity contribution is 5.47. The van der Waals surface area contributed by atoms with Gasteiger partial charge >= 0.3 is 0 Å². The molecule has 1 unspecified atom stereocenters. The first-order valence-corrected chi connectivity index (χ1v) is 6.26. The molecule has 102 valence electrons. The summed E-state index contributed by atoms with van der Waals surface area (Å²) < 4.78 is 10.8. The number of hydrogen-bond donors (Lipinski definition) is 1. The second-order valence-electron chi connectivity index (χ2n) is 5.94. The zero-order chi connectivity index (χ0) is 13.9. The van der Waals surface area contributed by atoms with Gasteiger partial charge < -0.3 is 15.2 Å². The van der Waals surface area contributed by atoms with Crippen LogP contribution in [0.3, 0.4) is 0 Å². The Hall–Kier alpha value is -1.22. The summed E-state index contributed by atoms with van der Waals surface area (Å²) in [5.41, 5.74) is 8.54. The van der Waals surface area contributed by atoms with Crippen LogP contribution in [-0.4, -0.2) is 14.2 Å². The Morgan fingerprint density at radius 1 is 1.11 bits per heavy atom. The van der Waals surface area contributed by atoms with Crippen LogP contribution in [0.1, 0.15) is 44.4 Å². The molecule has 2 N–H and O–H groups in total. The van der Waals surface area contributed by atoms with Crippen LogP contribution in [0.15, 0.2) is 12.1 Å². The summed E-state index contributed by atoms with van der Waals surface area (Å²) >= 11 is 0. The molecule has 1 atom stereocenters. The van der Waals surface area contributed by atoms with Crippen LogP contribution in [0, 0.1) is 12.3 Å². The van der Waals surface area contributed by atoms with Crippen molar-refractivity contribution >= 4 is 0 Å². The zero-order valence-corrected chi connectivity index (χ0v) is 12.3. The van der Waals surface area contributed by atoms with Gasteiger partial charge in [0.1, 0.15) is 11.5 Å². The van der Waals surface area contributed by atoms with Crippen molar-refractivity contribution < 1.29 is 9.47 Å². The summed E-state index contributed by atoms with van der Waals surface area (Å²) in [6.45, 7) is 8.56. The Balaban J connectivity index is 3.13. The van der Waals surface area contributed by atoms with Crippen LogP contribution < -0.4 is 15.2 Å². The van der Waals surface area contributed by atoms with Crippen molar-refractivity contribution in [1.82, 2.24) is 0 Å². The monoisotopic (exact) mass is 251 g/mol. The smallest absolute Gasteiger partial charge is 0.124 e. The van der Waals surface area contributed by atoms with Crippen molar-refractivity contribution in [2.75, 3.05) is 14.2 Å². The van der Waals surface area contributed by atoms with Crippen LogP contribution in [0.25, 0.3) is 0 Å². The Bertz CT molecular complexity index is 408. The molecule has 0 aliphatic rings. The van der Waals surface area contributed by atoms with Gasteiger partial charge in [-0.1, -0.05) is 20.8 Å². The molecule has 0 saturated heterocycles. The van der Waals surface area contributed by atoms with E-state index < -0.39 is 0 Å². The molecule has 18 heavy (non-hydrogen) atoms. The highest BCUT2D eigenvalue weighted by atomic mass is 16.5. The molecule has 1 rings (SSSR count). The van der Waals surface area contributed by atoms with Gasteiger partial charge in [-0.05, 0) is 36.5 Å². The lowest BCUT2D eigenvalue weighted by Crippen LogP contribution is -2.19. The van der Waals surface area contributed by atoms with Crippen molar-refractivity contribution in [3.8, 4) is 11.5 Å². The van der Waals surface area contributed by atoms with E-state index in [0.717, 1.165) is 29.0 Å². The van der Waals surface area contributed by atoms with Crippen LogP contribution in [0.4, 0.5) is 0 Å². The Kier molecular flexibility index (Phi) is 4.63. The van der Waals surface area contributed by atoms with Gasteiger partial charge in [0.05, 0.1) is 14.2 Å². The molecule has 0 heterocycles. The lowest BCUT2D eigenvalue weighted by atomic mass is 9.85. The molecule has 0 radical (unpaired) electrons. The lowest BCUT2D eigenvalue weighted by Gasteiger charge is -2.25. The maximum Gasteiger partial charge on any atom is 0.124 e. The van der Waals surface area contributed by atoms with Gasteiger partial charge in [-0.2, -0.15) is 0 Å². The predicted molar refractivity (Wildman–Crippen MR) is 75.3 cm³/mol. The summed E-state index contributed by atoms with van der Waals surface area (Å²) in [5, 5.41) is 0. The summed E-state index contributed by atoms with van der Waals surface area (Å²) in [6, 6.07) is 3.93. The van der Waals surface area contributed by atoms with E-state index in [4.69, 9.17) is 15.2 Å². The molecular formula is C15H25NO2. The zero-order valence-electron chi connectivity index (χ0n) is 12.3. The standard InChI is InChI=1S/C15H25NO2/c1-10-7-14(18-6)11(8-13(10)17-5)12(16)9-15(2,3)4/h7-8,12H,9,16H2,1-6H3. The highest BCUT2D eigenvalue weighted by Gasteiger charge is 2.21. The maximum atomic E-state index is 6.30. The second-order valence-corrected chi connectivity index (χ2v) is 5.94. The average Bonchev–Trinajstić information content (AvgIpc) is 2.26. The number of nitrogens with two attached hydrogens (primary N) is 1. The average molecular weight is 251 g/mol. The quantitative estimate of drug-likeness (QED) is 0.891. The molecule has 1 aromatic rings. The van der Waals surface area contributed by atoms with Gasteiger partial charge in [0.15, 0.2) is 0 Å². The first-order valence-electron chi connectivity index (χ1n) is 6.26. The van der Waals surface area contributed by atoms with Gasteiger partial charge in [-0.25, -0.2) is 0 Å². The number of rotatable bonds is 4. The van der Waals surface area contributed by atoms with Crippen LogP contribution >= 0.6 is 0 Å². The fraction of sp³-hybridized carbons (Fsp3) is 0.600. The van der Waals surface area contributed by atoms with Gasteiger partial charge in [0.25, 0.3) is 0 Å². The topological polar surface area (TPSA) is 44.5 Å². The van der Waals surface area contributed by atoms with E-state index in [-0.39, 0.29) is 11.5 Å². The van der Waals surface area contributed by atoms with Gasteiger partial charge in [-0.15, -0.1) is 0 Å². The SMILES string of the molecule is COc1cc(C(N)CC(C)(C)C)c(OC)cc1C. The lowest BCUT2D eigenvalue weighted by molar-refractivity contribution is 0.333. The fourth-order valence-corrected chi connectivity index (χ4v) is 2.13. The number of methoxy groups -OCH3 is 2. The Morgan fingerprint density at radius 3 is 2.11 bits per heavy atom. The van der Waals surface area contributed by atoms with Crippen LogP contribution in [-0.2, 0) is 0 Å². The van der Waals surface area contributed by atoms with Crippen molar-refractivity contribution in [3.63, 3.8) is 0 Å². The molecule has 0 bridgehead atoms. The van der Waals surface area contributed by atoms with E-state index in [9.17, 15) is 0 Å². The van der Waals surface area contributed by atoms with Crippen molar-refractivity contribution in [1.29, 1.82) is 0 Å². The fourth-order valence-electron chi connectivity index (χ4n) is 2.13. The largest absolute Gasteiger partial charge is 0.496 e. The molecule has 0 aromatic heterocycles. The summed E-state index contributed by atoms with van der Waals surface area (Å²) in [7, 11) is 3.35. The van der Waals surface area contributed by atoms with Crippen LogP contribution in [0.2, 0.25) is 0 Å². The van der Waals surface area contributed by atoms with Crippen molar-refractivity contribution in [3.05, 3.63) is 23.3 Å². The number of aryl methyl sites for hydroxylation is 1. The molecule has 3 nitrogen and oxygen atoms in total. The van der Waals surface area contributed by atoms with Gasteiger partial charge in [-0.3, -0.25) is 0 Å². The van der Waals surface area contributed by atoms with E-state index in [2.05, 4.69) is 20.8 Å². The number of benzene rings is 1. The van der Waals surface area contributed by atoms with Crippen LogP contribution in [0.5, 0.6) is 11.5 Å². The third-order valence-electron chi connectivity index (χ3n) is 2.98. The van der Waals surface area contributed by atoms with Crippen molar-refractivity contribution in [2.45, 2.75) is 40.2 Å². The molecule has 0 aliphatic carbocycles. The molecule has 1 aromatic carbocycles. The second kappa shape index (κ2) is 5.61. The Labute approximate surface area is 110 Å². The normalized spacial score (nSPS) is 13.3. The Morgan fingerprint density at radius 2 is 1.67 bits per heavy atom. The molecule has 0 aliphatic heterocycles. The first-order chi connectivity index (χ1) is 8.28. The molecule has 0 amide bonds. The van der Waals surface area contributed by atoms with E-state index in [1.165, 1.54) is 0 Å². The molecule has 0 saturated carbocycles. The van der Waals surface area contributed by atoms with E-state index in [1.807, 2.05) is 19.1 Å². The molecule has 3 heteroatoms.